The van der Waals surface area contributed by atoms with Gasteiger partial charge in [0.05, 0.1) is 0 Å². The van der Waals surface area contributed by atoms with Crippen molar-refractivity contribution in [3.63, 3.8) is 0 Å². The lowest BCUT2D eigenvalue weighted by atomic mass is 9.50. The minimum Gasteiger partial charge on any atom is -0.458 e. The highest BCUT2D eigenvalue weighted by molar-refractivity contribution is 5.91. The lowest BCUT2D eigenvalue weighted by Crippen LogP contribution is -2.53. The van der Waals surface area contributed by atoms with E-state index in [1.807, 2.05) is 6.08 Å². The molecule has 26 heavy (non-hydrogen) atoms. The van der Waals surface area contributed by atoms with Crippen LogP contribution < -0.4 is 0 Å². The molecule has 140 valence electrons. The zero-order chi connectivity index (χ0) is 18.5. The summed E-state index contributed by atoms with van der Waals surface area (Å²) in [7, 11) is 0. The SMILES string of the molecule is C#C[C@]1(OC(C)=NO)CC[C@H]2[C@@H]3CCC4=CC(=O)CC[C@@H]4[C@H]3CC[C@@]21C. The van der Waals surface area contributed by atoms with Crippen molar-refractivity contribution in [3.8, 4) is 12.3 Å². The summed E-state index contributed by atoms with van der Waals surface area (Å²) in [5.74, 6) is 6.02. The van der Waals surface area contributed by atoms with Gasteiger partial charge in [-0.05, 0) is 74.7 Å². The fourth-order valence-electron chi connectivity index (χ4n) is 6.89. The van der Waals surface area contributed by atoms with E-state index in [0.717, 1.165) is 44.9 Å². The molecule has 0 spiro atoms. The number of carbonyl (C=O) groups is 1. The molecule has 0 aliphatic heterocycles. The number of fused-ring (bicyclic) bond motifs is 5. The Bertz CT molecular complexity index is 717. The third-order valence-electron chi connectivity index (χ3n) is 8.12. The molecule has 0 aromatic heterocycles. The summed E-state index contributed by atoms with van der Waals surface area (Å²) >= 11 is 0. The Morgan fingerprint density at radius 3 is 2.81 bits per heavy atom. The second kappa shape index (κ2) is 6.15. The van der Waals surface area contributed by atoms with E-state index in [-0.39, 0.29) is 11.3 Å². The molecule has 0 aromatic rings. The van der Waals surface area contributed by atoms with Crippen molar-refractivity contribution in [1.29, 1.82) is 0 Å². The average molecular weight is 355 g/mol. The van der Waals surface area contributed by atoms with Gasteiger partial charge < -0.3 is 9.94 Å². The van der Waals surface area contributed by atoms with Gasteiger partial charge in [-0.1, -0.05) is 23.6 Å². The van der Waals surface area contributed by atoms with Gasteiger partial charge in [0.1, 0.15) is 0 Å². The number of terminal acetylenes is 1. The third kappa shape index (κ3) is 2.36. The van der Waals surface area contributed by atoms with Crippen LogP contribution in [0.3, 0.4) is 0 Å². The number of carbonyl (C=O) groups excluding carboxylic acids is 1. The highest BCUT2D eigenvalue weighted by Gasteiger charge is 2.64. The highest BCUT2D eigenvalue weighted by Crippen LogP contribution is 2.65. The van der Waals surface area contributed by atoms with E-state index in [2.05, 4.69) is 18.0 Å². The average Bonchev–Trinajstić information content (AvgIpc) is 2.94. The Kier molecular flexibility index (Phi) is 4.17. The third-order valence-corrected chi connectivity index (χ3v) is 8.12. The van der Waals surface area contributed by atoms with E-state index in [1.165, 1.54) is 5.57 Å². The molecule has 0 heterocycles. The zero-order valence-corrected chi connectivity index (χ0v) is 15.8. The fourth-order valence-corrected chi connectivity index (χ4v) is 6.89. The van der Waals surface area contributed by atoms with Crippen molar-refractivity contribution in [2.75, 3.05) is 0 Å². The van der Waals surface area contributed by atoms with Crippen LogP contribution in [0.2, 0.25) is 0 Å². The minimum atomic E-state index is -0.669. The van der Waals surface area contributed by atoms with Gasteiger partial charge in [-0.15, -0.1) is 6.42 Å². The Morgan fingerprint density at radius 1 is 1.27 bits per heavy atom. The molecule has 0 bridgehead atoms. The predicted octanol–water partition coefficient (Wildman–Crippen LogP) is 4.32. The van der Waals surface area contributed by atoms with Crippen LogP contribution in [-0.2, 0) is 9.53 Å². The van der Waals surface area contributed by atoms with Gasteiger partial charge in [-0.25, -0.2) is 0 Å². The maximum absolute atomic E-state index is 11.8. The normalized spacial score (nSPS) is 45.0. The van der Waals surface area contributed by atoms with Gasteiger partial charge in [0, 0.05) is 18.8 Å². The molecular weight excluding hydrogens is 326 g/mol. The van der Waals surface area contributed by atoms with Crippen molar-refractivity contribution in [2.45, 2.75) is 70.8 Å². The lowest BCUT2D eigenvalue weighted by molar-refractivity contribution is -0.116. The van der Waals surface area contributed by atoms with Crippen LogP contribution in [0.1, 0.15) is 65.2 Å². The summed E-state index contributed by atoms with van der Waals surface area (Å²) in [6.07, 6.45) is 16.0. The van der Waals surface area contributed by atoms with E-state index >= 15 is 0 Å². The number of ether oxygens (including phenoxy) is 1. The summed E-state index contributed by atoms with van der Waals surface area (Å²) in [6.45, 7) is 3.96. The molecule has 4 aliphatic rings. The summed E-state index contributed by atoms with van der Waals surface area (Å²) < 4.78 is 6.08. The minimum absolute atomic E-state index is 0.0828. The Balaban J connectivity index is 1.64. The largest absolute Gasteiger partial charge is 0.458 e. The van der Waals surface area contributed by atoms with E-state index in [4.69, 9.17) is 16.4 Å². The maximum Gasteiger partial charge on any atom is 0.223 e. The van der Waals surface area contributed by atoms with Crippen LogP contribution in [0.25, 0.3) is 0 Å². The number of ketones is 1. The van der Waals surface area contributed by atoms with Gasteiger partial charge in [0.2, 0.25) is 5.90 Å². The van der Waals surface area contributed by atoms with Crippen molar-refractivity contribution in [1.82, 2.24) is 0 Å². The van der Waals surface area contributed by atoms with E-state index in [9.17, 15) is 4.79 Å². The Labute approximate surface area is 156 Å². The van der Waals surface area contributed by atoms with Crippen LogP contribution in [0.5, 0.6) is 0 Å². The molecule has 4 heteroatoms. The smallest absolute Gasteiger partial charge is 0.223 e. The highest BCUT2D eigenvalue weighted by atomic mass is 16.5. The first-order valence-electron chi connectivity index (χ1n) is 10.0. The van der Waals surface area contributed by atoms with Crippen molar-refractivity contribution in [3.05, 3.63) is 11.6 Å². The predicted molar refractivity (Wildman–Crippen MR) is 99.6 cm³/mol. The van der Waals surface area contributed by atoms with E-state index in [0.29, 0.717) is 35.9 Å². The first-order chi connectivity index (χ1) is 12.4. The number of allylic oxidation sites excluding steroid dienone is 1. The van der Waals surface area contributed by atoms with Gasteiger partial charge in [0.25, 0.3) is 0 Å². The molecule has 6 atom stereocenters. The van der Waals surface area contributed by atoms with Crippen molar-refractivity contribution >= 4 is 11.7 Å². The first kappa shape index (κ1) is 17.6. The molecule has 0 saturated heterocycles. The Hall–Kier alpha value is -1.76. The number of rotatable bonds is 1. The zero-order valence-electron chi connectivity index (χ0n) is 15.8. The van der Waals surface area contributed by atoms with Crippen LogP contribution in [-0.4, -0.2) is 22.5 Å². The van der Waals surface area contributed by atoms with Gasteiger partial charge in [-0.2, -0.15) is 0 Å². The van der Waals surface area contributed by atoms with Crippen molar-refractivity contribution < 1.29 is 14.7 Å². The molecule has 3 saturated carbocycles. The summed E-state index contributed by atoms with van der Waals surface area (Å²) in [5.41, 5.74) is 0.657. The molecule has 1 N–H and O–H groups in total. The second-order valence-electron chi connectivity index (χ2n) is 8.99. The molecule has 4 aliphatic carbocycles. The summed E-state index contributed by atoms with van der Waals surface area (Å²) in [5, 5.41) is 12.3. The number of hydrogen-bond donors (Lipinski definition) is 1. The van der Waals surface area contributed by atoms with Crippen LogP contribution in [0.15, 0.2) is 16.8 Å². The monoisotopic (exact) mass is 355 g/mol. The number of oxime groups is 1. The molecule has 0 radical (unpaired) electrons. The quantitative estimate of drug-likeness (QED) is 0.250. The molecule has 3 fully saturated rings. The molecule has 4 rings (SSSR count). The van der Waals surface area contributed by atoms with E-state index in [1.54, 1.807) is 6.92 Å². The van der Waals surface area contributed by atoms with Gasteiger partial charge in [0.15, 0.2) is 11.4 Å². The second-order valence-corrected chi connectivity index (χ2v) is 8.99. The standard InChI is InChI=1S/C22H29NO3/c1-4-22(26-14(2)23-25)12-10-20-19-7-5-15-13-16(24)6-8-17(15)18(19)9-11-21(20,22)3/h1,13,17-20,25H,5-12H2,2-3H3/t17-,18+,19+,20-,21-,22-/m0/s1. The topological polar surface area (TPSA) is 58.9 Å². The molecule has 0 unspecified atom stereocenters. The number of hydrogen-bond acceptors (Lipinski definition) is 4. The summed E-state index contributed by atoms with van der Waals surface area (Å²) in [6, 6.07) is 0. The summed E-state index contributed by atoms with van der Waals surface area (Å²) in [4.78, 5) is 11.8. The molecule has 0 amide bonds. The van der Waals surface area contributed by atoms with Crippen LogP contribution >= 0.6 is 0 Å². The molecular formula is C22H29NO3. The first-order valence-corrected chi connectivity index (χ1v) is 10.0. The fraction of sp³-hybridized carbons (Fsp3) is 0.727. The Morgan fingerprint density at radius 2 is 2.08 bits per heavy atom. The lowest BCUT2D eigenvalue weighted by Gasteiger charge is -2.55. The number of nitrogens with zero attached hydrogens (tertiary/aromatic N) is 1. The maximum atomic E-state index is 11.8. The van der Waals surface area contributed by atoms with Crippen LogP contribution in [0.4, 0.5) is 0 Å². The van der Waals surface area contributed by atoms with Crippen LogP contribution in [0, 0.1) is 41.4 Å². The molecule has 4 nitrogen and oxygen atoms in total. The van der Waals surface area contributed by atoms with E-state index < -0.39 is 5.60 Å². The molecule has 0 aromatic carbocycles. The van der Waals surface area contributed by atoms with Gasteiger partial charge >= 0.3 is 0 Å². The van der Waals surface area contributed by atoms with Crippen molar-refractivity contribution in [2.24, 2.45) is 34.2 Å². The van der Waals surface area contributed by atoms with Gasteiger partial charge in [-0.3, -0.25) is 4.79 Å².